The molecule has 1 saturated heterocycles. The molecule has 1 aliphatic heterocycles. The Morgan fingerprint density at radius 3 is 1.82 bits per heavy atom. The summed E-state index contributed by atoms with van der Waals surface area (Å²) in [6.45, 7) is 9.03. The molecule has 0 aromatic heterocycles. The SMILES string of the molecule is CC(=O)NCC(=O)N[C@@H](CS[C@@H]1O[C@H](COC(C)=O)[C@@H](OC(C)=O)[C@H](OC(C)=O)[C@H]1OC(C)=O)C(=O)NCC(=O)OC(C)(C)C. The van der Waals surface area contributed by atoms with Crippen LogP contribution < -0.4 is 16.0 Å². The fourth-order valence-electron chi connectivity index (χ4n) is 3.81. The lowest BCUT2D eigenvalue weighted by atomic mass is 9.99. The Labute approximate surface area is 264 Å². The second kappa shape index (κ2) is 18.1. The van der Waals surface area contributed by atoms with Gasteiger partial charge in [0, 0.05) is 40.4 Å². The van der Waals surface area contributed by atoms with Gasteiger partial charge in [0.15, 0.2) is 18.3 Å². The van der Waals surface area contributed by atoms with Crippen LogP contribution in [0.25, 0.3) is 0 Å². The number of amides is 3. The van der Waals surface area contributed by atoms with Crippen molar-refractivity contribution in [1.29, 1.82) is 0 Å². The quantitative estimate of drug-likeness (QED) is 0.148. The van der Waals surface area contributed by atoms with Gasteiger partial charge in [-0.3, -0.25) is 38.4 Å². The Morgan fingerprint density at radius 2 is 1.31 bits per heavy atom. The molecule has 0 aliphatic carbocycles. The van der Waals surface area contributed by atoms with E-state index >= 15 is 0 Å². The minimum Gasteiger partial charge on any atom is -0.463 e. The van der Waals surface area contributed by atoms with Crippen LogP contribution in [0.5, 0.6) is 0 Å². The number of carbonyl (C=O) groups is 8. The lowest BCUT2D eigenvalue weighted by Crippen LogP contribution is -2.62. The lowest BCUT2D eigenvalue weighted by Gasteiger charge is -2.44. The van der Waals surface area contributed by atoms with Crippen LogP contribution in [0.2, 0.25) is 0 Å². The van der Waals surface area contributed by atoms with Gasteiger partial charge in [-0.2, -0.15) is 0 Å². The standard InChI is InChI=1S/C27H41N3O14S/c1-13(31)28-9-20(36)30-18(25(38)29-10-21(37)44-27(6,7)8)12-45-26-24(42-17(5)35)23(41-16(4)34)22(40-15(3)33)19(43-26)11-39-14(2)32/h18-19,22-24,26H,9-12H2,1-8H3,(H,28,31)(H,29,38)(H,30,36)/t18-,19+,22+,23-,24+,26-/m0/s1. The van der Waals surface area contributed by atoms with Crippen molar-refractivity contribution < 1.29 is 66.8 Å². The minimum atomic E-state index is -1.43. The molecule has 45 heavy (non-hydrogen) atoms. The number of nitrogens with one attached hydrogen (secondary N) is 3. The molecule has 0 unspecified atom stereocenters. The van der Waals surface area contributed by atoms with Crippen LogP contribution in [0.15, 0.2) is 0 Å². The summed E-state index contributed by atoms with van der Waals surface area (Å²) in [4.78, 5) is 96.6. The third-order valence-electron chi connectivity index (χ3n) is 5.35. The molecule has 0 saturated carbocycles. The van der Waals surface area contributed by atoms with E-state index in [0.29, 0.717) is 0 Å². The summed E-state index contributed by atoms with van der Waals surface area (Å²) < 4.78 is 32.4. The highest BCUT2D eigenvalue weighted by Crippen LogP contribution is 2.34. The van der Waals surface area contributed by atoms with E-state index in [1.54, 1.807) is 20.8 Å². The highest BCUT2D eigenvalue weighted by atomic mass is 32.2. The first-order chi connectivity index (χ1) is 20.8. The van der Waals surface area contributed by atoms with E-state index in [4.69, 9.17) is 28.4 Å². The van der Waals surface area contributed by atoms with E-state index in [2.05, 4.69) is 16.0 Å². The van der Waals surface area contributed by atoms with Crippen molar-refractivity contribution in [2.45, 2.75) is 96.9 Å². The molecular weight excluding hydrogens is 622 g/mol. The molecule has 1 heterocycles. The molecule has 1 fully saturated rings. The smallest absolute Gasteiger partial charge is 0.325 e. The molecule has 6 atom stereocenters. The molecule has 0 bridgehead atoms. The Kier molecular flexibility index (Phi) is 15.8. The minimum absolute atomic E-state index is 0.278. The molecule has 1 rings (SSSR count). The second-order valence-corrected chi connectivity index (χ2v) is 11.9. The summed E-state index contributed by atoms with van der Waals surface area (Å²) in [5.41, 5.74) is -2.06. The molecule has 0 aromatic rings. The molecular formula is C27H41N3O14S. The number of ether oxygens (including phenoxy) is 6. The Balaban J connectivity index is 3.35. The van der Waals surface area contributed by atoms with Crippen molar-refractivity contribution in [3.05, 3.63) is 0 Å². The van der Waals surface area contributed by atoms with Crippen molar-refractivity contribution in [3.63, 3.8) is 0 Å². The van der Waals surface area contributed by atoms with Crippen molar-refractivity contribution >= 4 is 59.3 Å². The molecule has 18 heteroatoms. The number of esters is 5. The number of hydrogen-bond donors (Lipinski definition) is 3. The van der Waals surface area contributed by atoms with Crippen LogP contribution in [-0.2, 0) is 66.8 Å². The normalized spacial score (nSPS) is 21.6. The van der Waals surface area contributed by atoms with Gasteiger partial charge in [-0.15, -0.1) is 11.8 Å². The van der Waals surface area contributed by atoms with Crippen LogP contribution in [-0.4, -0.2) is 115 Å². The zero-order chi connectivity index (χ0) is 34.5. The van der Waals surface area contributed by atoms with Gasteiger partial charge in [0.25, 0.3) is 0 Å². The van der Waals surface area contributed by atoms with Crippen LogP contribution in [0.1, 0.15) is 55.4 Å². The van der Waals surface area contributed by atoms with Crippen molar-refractivity contribution in [2.75, 3.05) is 25.4 Å². The molecule has 1 aliphatic rings. The van der Waals surface area contributed by atoms with Crippen molar-refractivity contribution in [1.82, 2.24) is 16.0 Å². The fraction of sp³-hybridized carbons (Fsp3) is 0.704. The molecule has 0 spiro atoms. The van der Waals surface area contributed by atoms with Gasteiger partial charge in [-0.25, -0.2) is 0 Å². The Hall–Kier alpha value is -3.93. The van der Waals surface area contributed by atoms with Gasteiger partial charge in [-0.05, 0) is 20.8 Å². The van der Waals surface area contributed by atoms with E-state index in [0.717, 1.165) is 39.5 Å². The number of rotatable bonds is 14. The average Bonchev–Trinajstić information content (AvgIpc) is 2.88. The average molecular weight is 664 g/mol. The first-order valence-electron chi connectivity index (χ1n) is 13.7. The van der Waals surface area contributed by atoms with Crippen molar-refractivity contribution in [2.24, 2.45) is 0 Å². The third-order valence-corrected chi connectivity index (χ3v) is 6.59. The predicted molar refractivity (Wildman–Crippen MR) is 154 cm³/mol. The monoisotopic (exact) mass is 663 g/mol. The van der Waals surface area contributed by atoms with Crippen molar-refractivity contribution in [3.8, 4) is 0 Å². The maximum Gasteiger partial charge on any atom is 0.325 e. The fourth-order valence-corrected chi connectivity index (χ4v) is 5.05. The van der Waals surface area contributed by atoms with E-state index in [9.17, 15) is 38.4 Å². The maximum absolute atomic E-state index is 13.1. The van der Waals surface area contributed by atoms with Gasteiger partial charge < -0.3 is 44.4 Å². The molecule has 3 amide bonds. The molecule has 3 N–H and O–H groups in total. The van der Waals surface area contributed by atoms with E-state index < -0.39 is 109 Å². The summed E-state index contributed by atoms with van der Waals surface area (Å²) >= 11 is 0.834. The summed E-state index contributed by atoms with van der Waals surface area (Å²) in [7, 11) is 0. The highest BCUT2D eigenvalue weighted by Gasteiger charge is 2.52. The van der Waals surface area contributed by atoms with E-state index in [1.807, 2.05) is 0 Å². The summed E-state index contributed by atoms with van der Waals surface area (Å²) in [6.07, 6.45) is -5.44. The largest absolute Gasteiger partial charge is 0.463 e. The molecule has 17 nitrogen and oxygen atoms in total. The Morgan fingerprint density at radius 1 is 0.756 bits per heavy atom. The van der Waals surface area contributed by atoms with E-state index in [1.165, 1.54) is 6.92 Å². The zero-order valence-electron chi connectivity index (χ0n) is 26.4. The van der Waals surface area contributed by atoms with Gasteiger partial charge in [0.2, 0.25) is 17.7 Å². The van der Waals surface area contributed by atoms with Crippen LogP contribution in [0.3, 0.4) is 0 Å². The summed E-state index contributed by atoms with van der Waals surface area (Å²) in [5.74, 6) is -6.21. The number of thioether (sulfide) groups is 1. The van der Waals surface area contributed by atoms with Gasteiger partial charge in [-0.1, -0.05) is 0 Å². The second-order valence-electron chi connectivity index (χ2n) is 10.7. The predicted octanol–water partition coefficient (Wildman–Crippen LogP) is -1.12. The van der Waals surface area contributed by atoms with E-state index in [-0.39, 0.29) is 5.75 Å². The summed E-state index contributed by atoms with van der Waals surface area (Å²) in [5, 5.41) is 7.11. The topological polar surface area (TPSA) is 228 Å². The number of carbonyl (C=O) groups excluding carboxylic acids is 8. The first kappa shape index (κ1) is 39.1. The lowest BCUT2D eigenvalue weighted by molar-refractivity contribution is -0.237. The molecule has 0 radical (unpaired) electrons. The van der Waals surface area contributed by atoms with Crippen LogP contribution >= 0.6 is 11.8 Å². The summed E-state index contributed by atoms with van der Waals surface area (Å²) in [6, 6.07) is -1.34. The molecule has 0 aromatic carbocycles. The maximum atomic E-state index is 13.1. The van der Waals surface area contributed by atoms with Gasteiger partial charge >= 0.3 is 29.8 Å². The highest BCUT2D eigenvalue weighted by molar-refractivity contribution is 7.99. The van der Waals surface area contributed by atoms with Gasteiger partial charge in [0.05, 0.1) is 6.54 Å². The first-order valence-corrected chi connectivity index (χ1v) is 14.8. The zero-order valence-corrected chi connectivity index (χ0v) is 27.2. The third kappa shape index (κ3) is 15.6. The van der Waals surface area contributed by atoms with Crippen LogP contribution in [0, 0.1) is 0 Å². The van der Waals surface area contributed by atoms with Crippen LogP contribution in [0.4, 0.5) is 0 Å². The number of hydrogen-bond acceptors (Lipinski definition) is 15. The Bertz CT molecular complexity index is 1120. The molecule has 254 valence electrons. The van der Waals surface area contributed by atoms with Gasteiger partial charge in [0.1, 0.15) is 36.3 Å².